The highest BCUT2D eigenvalue weighted by atomic mass is 35.5. The number of anilines is 1. The Morgan fingerprint density at radius 1 is 1.31 bits per heavy atom. The predicted octanol–water partition coefficient (Wildman–Crippen LogP) is 2.45. The maximum absolute atomic E-state index is 12.7. The maximum Gasteiger partial charge on any atom is 0.267 e. The number of likely N-dealkylation sites (tertiary alicyclic amines) is 1. The first-order valence-corrected chi connectivity index (χ1v) is 10.7. The van der Waals surface area contributed by atoms with Crippen molar-refractivity contribution in [3.05, 3.63) is 39.4 Å². The van der Waals surface area contributed by atoms with Gasteiger partial charge in [-0.1, -0.05) is 16.1 Å². The second-order valence-corrected chi connectivity index (χ2v) is 9.17. The molecular formula is C19H20ClN5O3S. The average Bonchev–Trinajstić information content (AvgIpc) is 3.27. The standard InChI is InChI=1S/C19H20ClN5O3S/c1-11-15(29-24-23-11)17(27)25-6-4-18(5-7-25)9-19(10-28-18)21-14-3-2-12(20)8-13(14)16(26)22-19/h2-3,8,21H,4-7,9-10H2,1H3,(H,22,26)/t19-/m0/s1. The number of aromatic nitrogens is 2. The number of nitrogens with one attached hydrogen (secondary N) is 2. The largest absolute Gasteiger partial charge is 0.370 e. The van der Waals surface area contributed by atoms with Crippen LogP contribution in [0.5, 0.6) is 0 Å². The monoisotopic (exact) mass is 433 g/mol. The van der Waals surface area contributed by atoms with E-state index in [2.05, 4.69) is 20.2 Å². The van der Waals surface area contributed by atoms with Crippen LogP contribution >= 0.6 is 23.1 Å². The lowest BCUT2D eigenvalue weighted by atomic mass is 9.84. The molecule has 29 heavy (non-hydrogen) atoms. The zero-order valence-corrected chi connectivity index (χ0v) is 17.4. The molecule has 2 N–H and O–H groups in total. The Bertz CT molecular complexity index is 1000. The lowest BCUT2D eigenvalue weighted by molar-refractivity contribution is -0.0392. The number of carbonyl (C=O) groups excluding carboxylic acids is 2. The summed E-state index contributed by atoms with van der Waals surface area (Å²) in [6, 6.07) is 5.26. The molecule has 1 aromatic heterocycles. The summed E-state index contributed by atoms with van der Waals surface area (Å²) in [5, 5.41) is 11.0. The molecule has 2 aromatic rings. The summed E-state index contributed by atoms with van der Waals surface area (Å²) in [5.41, 5.74) is 0.978. The van der Waals surface area contributed by atoms with Gasteiger partial charge in [0.2, 0.25) is 0 Å². The van der Waals surface area contributed by atoms with Gasteiger partial charge >= 0.3 is 0 Å². The Kier molecular flexibility index (Phi) is 4.30. The van der Waals surface area contributed by atoms with Crippen LogP contribution in [-0.4, -0.2) is 57.3 Å². The Balaban J connectivity index is 1.29. The summed E-state index contributed by atoms with van der Waals surface area (Å²) in [7, 11) is 0. The lowest BCUT2D eigenvalue weighted by Crippen LogP contribution is -2.59. The van der Waals surface area contributed by atoms with Crippen molar-refractivity contribution >= 4 is 40.6 Å². The number of ether oxygens (including phenoxy) is 1. The summed E-state index contributed by atoms with van der Waals surface area (Å²) in [6.07, 6.45) is 2.09. The molecule has 8 nitrogen and oxygen atoms in total. The lowest BCUT2D eigenvalue weighted by Gasteiger charge is -2.41. The van der Waals surface area contributed by atoms with E-state index in [9.17, 15) is 9.59 Å². The Morgan fingerprint density at radius 2 is 2.10 bits per heavy atom. The molecule has 3 aliphatic heterocycles. The van der Waals surface area contributed by atoms with Gasteiger partial charge in [-0.2, -0.15) is 0 Å². The summed E-state index contributed by atoms with van der Waals surface area (Å²) in [6.45, 7) is 3.39. The number of benzene rings is 1. The van der Waals surface area contributed by atoms with E-state index < -0.39 is 5.66 Å². The van der Waals surface area contributed by atoms with Crippen molar-refractivity contribution in [1.29, 1.82) is 0 Å². The van der Waals surface area contributed by atoms with Crippen molar-refractivity contribution in [2.24, 2.45) is 0 Å². The molecule has 0 radical (unpaired) electrons. The fourth-order valence-electron chi connectivity index (χ4n) is 4.49. The SMILES string of the molecule is Cc1nnsc1C(=O)N1CCC2(CC1)C[C@@]1(CO2)NC(=O)c2cc(Cl)ccc2N1. The molecule has 1 aromatic carbocycles. The summed E-state index contributed by atoms with van der Waals surface area (Å²) < 4.78 is 10.1. The molecule has 2 spiro atoms. The molecule has 152 valence electrons. The normalized spacial score (nSPS) is 25.0. The van der Waals surface area contributed by atoms with Crippen LogP contribution in [0.15, 0.2) is 18.2 Å². The molecule has 10 heteroatoms. The fourth-order valence-corrected chi connectivity index (χ4v) is 5.28. The van der Waals surface area contributed by atoms with Crippen LogP contribution in [0, 0.1) is 6.92 Å². The number of hydrogen-bond acceptors (Lipinski definition) is 7. The van der Waals surface area contributed by atoms with Crippen LogP contribution in [0.4, 0.5) is 5.69 Å². The minimum Gasteiger partial charge on any atom is -0.370 e. The van der Waals surface area contributed by atoms with E-state index in [4.69, 9.17) is 16.3 Å². The molecule has 5 rings (SSSR count). The molecule has 2 saturated heterocycles. The van der Waals surface area contributed by atoms with Gasteiger partial charge in [-0.15, -0.1) is 5.10 Å². The van der Waals surface area contributed by atoms with Gasteiger partial charge in [-0.25, -0.2) is 0 Å². The van der Waals surface area contributed by atoms with Gasteiger partial charge in [0.05, 0.1) is 23.5 Å². The van der Waals surface area contributed by atoms with E-state index >= 15 is 0 Å². The molecule has 2 fully saturated rings. The molecule has 0 unspecified atom stereocenters. The van der Waals surface area contributed by atoms with Crippen molar-refractivity contribution in [2.45, 2.75) is 37.5 Å². The Hall–Kier alpha value is -2.23. The summed E-state index contributed by atoms with van der Waals surface area (Å²) in [4.78, 5) is 27.8. The Morgan fingerprint density at radius 3 is 2.83 bits per heavy atom. The van der Waals surface area contributed by atoms with E-state index in [1.807, 2.05) is 11.0 Å². The third-order valence-electron chi connectivity index (χ3n) is 6.01. The van der Waals surface area contributed by atoms with E-state index in [-0.39, 0.29) is 17.4 Å². The van der Waals surface area contributed by atoms with Gasteiger partial charge in [0, 0.05) is 30.2 Å². The van der Waals surface area contributed by atoms with Crippen molar-refractivity contribution in [3.63, 3.8) is 0 Å². The average molecular weight is 434 g/mol. The number of hydrogen-bond donors (Lipinski definition) is 2. The van der Waals surface area contributed by atoms with Crippen LogP contribution in [0.1, 0.15) is 45.0 Å². The van der Waals surface area contributed by atoms with Gasteiger partial charge in [0.15, 0.2) is 0 Å². The van der Waals surface area contributed by atoms with Crippen LogP contribution < -0.4 is 10.6 Å². The van der Waals surface area contributed by atoms with Gasteiger partial charge in [-0.3, -0.25) is 9.59 Å². The van der Waals surface area contributed by atoms with Crippen LogP contribution in [0.2, 0.25) is 5.02 Å². The molecule has 0 saturated carbocycles. The highest BCUT2D eigenvalue weighted by molar-refractivity contribution is 7.07. The molecule has 1 atom stereocenters. The number of halogens is 1. The number of amides is 2. The first-order valence-electron chi connectivity index (χ1n) is 9.51. The number of carbonyl (C=O) groups is 2. The number of rotatable bonds is 1. The molecule has 3 aliphatic rings. The van der Waals surface area contributed by atoms with Crippen LogP contribution in [-0.2, 0) is 4.74 Å². The smallest absolute Gasteiger partial charge is 0.267 e. The van der Waals surface area contributed by atoms with Crippen molar-refractivity contribution in [3.8, 4) is 0 Å². The molecule has 0 bridgehead atoms. The topological polar surface area (TPSA) is 96.5 Å². The Labute approximate surface area is 176 Å². The van der Waals surface area contributed by atoms with Gasteiger partial charge < -0.3 is 20.3 Å². The number of fused-ring (bicyclic) bond motifs is 1. The third kappa shape index (κ3) is 3.17. The molecule has 2 amide bonds. The van der Waals surface area contributed by atoms with E-state index in [1.165, 1.54) is 0 Å². The molecule has 0 aliphatic carbocycles. The number of piperidine rings is 1. The number of nitrogens with zero attached hydrogens (tertiary/aromatic N) is 3. The number of aryl methyl sites for hydroxylation is 1. The minimum absolute atomic E-state index is 0.0186. The second kappa shape index (κ2) is 6.65. The van der Waals surface area contributed by atoms with Gasteiger partial charge in [0.25, 0.3) is 11.8 Å². The maximum atomic E-state index is 12.7. The zero-order chi connectivity index (χ0) is 20.2. The summed E-state index contributed by atoms with van der Waals surface area (Å²) >= 11 is 7.16. The highest BCUT2D eigenvalue weighted by Crippen LogP contribution is 2.43. The van der Waals surface area contributed by atoms with Crippen molar-refractivity contribution < 1.29 is 14.3 Å². The van der Waals surface area contributed by atoms with Crippen molar-refractivity contribution in [2.75, 3.05) is 25.0 Å². The van der Waals surface area contributed by atoms with Crippen molar-refractivity contribution in [1.82, 2.24) is 19.8 Å². The third-order valence-corrected chi connectivity index (χ3v) is 7.06. The van der Waals surface area contributed by atoms with E-state index in [0.29, 0.717) is 47.3 Å². The van der Waals surface area contributed by atoms with E-state index in [0.717, 1.165) is 30.1 Å². The second-order valence-electron chi connectivity index (χ2n) is 7.98. The fraction of sp³-hybridized carbons (Fsp3) is 0.474. The van der Waals surface area contributed by atoms with Crippen LogP contribution in [0.3, 0.4) is 0 Å². The van der Waals surface area contributed by atoms with E-state index in [1.54, 1.807) is 19.1 Å². The van der Waals surface area contributed by atoms with Gasteiger partial charge in [-0.05, 0) is 49.5 Å². The minimum atomic E-state index is -0.637. The summed E-state index contributed by atoms with van der Waals surface area (Å²) in [5.74, 6) is -0.169. The first-order chi connectivity index (χ1) is 13.9. The predicted molar refractivity (Wildman–Crippen MR) is 108 cm³/mol. The van der Waals surface area contributed by atoms with Gasteiger partial charge in [0.1, 0.15) is 10.5 Å². The highest BCUT2D eigenvalue weighted by Gasteiger charge is 2.53. The zero-order valence-electron chi connectivity index (χ0n) is 15.8. The molecule has 4 heterocycles. The van der Waals surface area contributed by atoms with Crippen LogP contribution in [0.25, 0.3) is 0 Å². The molecular weight excluding hydrogens is 414 g/mol. The first kappa shape index (κ1) is 18.8. The quantitative estimate of drug-likeness (QED) is 0.717.